The summed E-state index contributed by atoms with van der Waals surface area (Å²) >= 11 is 0. The van der Waals surface area contributed by atoms with Gasteiger partial charge in [-0.3, -0.25) is 0 Å². The first-order chi connectivity index (χ1) is 12.6. The SMILES string of the molecule is COC(=O)C1OC2(Cc3ccccc32)OC1C(=O)OC.[C-]#[O+].[C-]#[O+].[C-]#[O+].[Cr+6]. The van der Waals surface area contributed by atoms with Gasteiger partial charge >= 0.3 is 63.2 Å². The van der Waals surface area contributed by atoms with Gasteiger partial charge in [0.1, 0.15) is 0 Å². The second-order valence-electron chi connectivity index (χ2n) is 4.71. The number of fused-ring (bicyclic) bond motifs is 2. The molecule has 1 aromatic rings. The smallest absolute Gasteiger partial charge is 6.00 e. The van der Waals surface area contributed by atoms with Crippen LogP contribution in [0, 0.1) is 20.0 Å². The molecule has 10 heteroatoms. The summed E-state index contributed by atoms with van der Waals surface area (Å²) in [4.78, 5) is 23.5. The number of rotatable bonds is 2. The Bertz CT molecular complexity index is 657. The molecule has 0 amide bonds. The average Bonchev–Trinajstić information content (AvgIpc) is 3.13. The molecular formula is C17H14CrO9+6. The molecule has 136 valence electrons. The minimum Gasteiger partial charge on any atom is 6.00 e. The quantitative estimate of drug-likeness (QED) is 0.391. The van der Waals surface area contributed by atoms with Crippen LogP contribution in [0.3, 0.4) is 0 Å². The molecule has 27 heavy (non-hydrogen) atoms. The molecule has 1 aromatic carbocycles. The monoisotopic (exact) mass is 414 g/mol. The fourth-order valence-corrected chi connectivity index (χ4v) is 2.63. The Kier molecular flexibility index (Phi) is 13.1. The predicted molar refractivity (Wildman–Crippen MR) is 77.4 cm³/mol. The number of esters is 2. The van der Waals surface area contributed by atoms with Crippen LogP contribution in [0.2, 0.25) is 0 Å². The van der Waals surface area contributed by atoms with E-state index in [9.17, 15) is 9.59 Å². The van der Waals surface area contributed by atoms with E-state index < -0.39 is 29.9 Å². The molecular weight excluding hydrogens is 400 g/mol. The Balaban J connectivity index is 0. The summed E-state index contributed by atoms with van der Waals surface area (Å²) in [5, 5.41) is 0. The first kappa shape index (κ1) is 27.1. The van der Waals surface area contributed by atoms with Crippen molar-refractivity contribution >= 4 is 11.9 Å². The van der Waals surface area contributed by atoms with Gasteiger partial charge in [-0.15, -0.1) is 0 Å². The third kappa shape index (κ3) is 5.41. The predicted octanol–water partition coefficient (Wildman–Crippen LogP) is 0.410. The molecule has 0 radical (unpaired) electrons. The summed E-state index contributed by atoms with van der Waals surface area (Å²) in [6.07, 6.45) is -1.73. The van der Waals surface area contributed by atoms with Crippen LogP contribution in [0.4, 0.5) is 0 Å². The zero-order valence-electron chi connectivity index (χ0n) is 14.3. The van der Waals surface area contributed by atoms with Crippen LogP contribution in [0.5, 0.6) is 0 Å². The molecule has 2 atom stereocenters. The summed E-state index contributed by atoms with van der Waals surface area (Å²) in [7, 11) is 2.47. The van der Waals surface area contributed by atoms with E-state index >= 15 is 0 Å². The van der Waals surface area contributed by atoms with E-state index in [1.54, 1.807) is 0 Å². The third-order valence-electron chi connectivity index (χ3n) is 3.63. The van der Waals surface area contributed by atoms with E-state index in [1.165, 1.54) is 14.2 Å². The van der Waals surface area contributed by atoms with Gasteiger partial charge in [0.15, 0.2) is 12.2 Å². The van der Waals surface area contributed by atoms with E-state index in [4.69, 9.17) is 23.4 Å². The first-order valence-corrected chi connectivity index (χ1v) is 6.82. The summed E-state index contributed by atoms with van der Waals surface area (Å²) < 4.78 is 43.2. The molecule has 3 rings (SSSR count). The molecule has 1 aliphatic carbocycles. The summed E-state index contributed by atoms with van der Waals surface area (Å²) in [5.41, 5.74) is 1.90. The van der Waals surface area contributed by atoms with Crippen molar-refractivity contribution in [2.45, 2.75) is 24.4 Å². The van der Waals surface area contributed by atoms with Crippen LogP contribution >= 0.6 is 0 Å². The summed E-state index contributed by atoms with van der Waals surface area (Å²) in [5.74, 6) is -2.35. The Morgan fingerprint density at radius 3 is 1.74 bits per heavy atom. The van der Waals surface area contributed by atoms with Crippen LogP contribution in [0.15, 0.2) is 24.3 Å². The van der Waals surface area contributed by atoms with Crippen molar-refractivity contribution < 1.29 is 59.9 Å². The van der Waals surface area contributed by atoms with E-state index in [1.807, 2.05) is 24.3 Å². The molecule has 0 aromatic heterocycles. The van der Waals surface area contributed by atoms with Gasteiger partial charge in [-0.1, -0.05) is 24.3 Å². The first-order valence-electron chi connectivity index (χ1n) is 6.82. The minimum absolute atomic E-state index is 0. The molecule has 2 unspecified atom stereocenters. The van der Waals surface area contributed by atoms with Crippen molar-refractivity contribution in [3.8, 4) is 0 Å². The number of hydrogen-bond acceptors (Lipinski definition) is 6. The molecule has 1 saturated heterocycles. The van der Waals surface area contributed by atoms with Crippen molar-refractivity contribution in [1.29, 1.82) is 0 Å². The van der Waals surface area contributed by atoms with Gasteiger partial charge in [-0.25, -0.2) is 9.59 Å². The average molecular weight is 414 g/mol. The maximum absolute atomic E-state index is 11.7. The van der Waals surface area contributed by atoms with Gasteiger partial charge < -0.3 is 18.9 Å². The van der Waals surface area contributed by atoms with Crippen molar-refractivity contribution in [2.75, 3.05) is 14.2 Å². The van der Waals surface area contributed by atoms with E-state index in [-0.39, 0.29) is 17.4 Å². The van der Waals surface area contributed by atoms with Crippen LogP contribution in [0.1, 0.15) is 11.1 Å². The Morgan fingerprint density at radius 2 is 1.37 bits per heavy atom. The van der Waals surface area contributed by atoms with Crippen LogP contribution in [0.25, 0.3) is 0 Å². The van der Waals surface area contributed by atoms with Crippen molar-refractivity contribution in [1.82, 2.24) is 0 Å². The molecule has 2 aliphatic rings. The van der Waals surface area contributed by atoms with Crippen molar-refractivity contribution in [3.63, 3.8) is 0 Å². The molecule has 0 N–H and O–H groups in total. The third-order valence-corrected chi connectivity index (χ3v) is 3.63. The normalized spacial score (nSPS) is 22.8. The summed E-state index contributed by atoms with van der Waals surface area (Å²) in [6.45, 7) is 13.5. The molecule has 9 nitrogen and oxygen atoms in total. The molecule has 1 fully saturated rings. The van der Waals surface area contributed by atoms with Crippen molar-refractivity contribution in [3.05, 3.63) is 55.3 Å². The molecule has 0 bridgehead atoms. The molecule has 1 heterocycles. The van der Waals surface area contributed by atoms with Crippen LogP contribution in [-0.4, -0.2) is 38.4 Å². The van der Waals surface area contributed by atoms with Crippen molar-refractivity contribution in [2.24, 2.45) is 0 Å². The maximum atomic E-state index is 11.7. The number of methoxy groups -OCH3 is 2. The van der Waals surface area contributed by atoms with Gasteiger partial charge in [-0.2, -0.15) is 0 Å². The number of ether oxygens (including phenoxy) is 4. The molecule has 1 spiro atoms. The largest absolute Gasteiger partial charge is 6.00 e. The van der Waals surface area contributed by atoms with E-state index in [2.05, 4.69) is 29.4 Å². The molecule has 1 aliphatic heterocycles. The van der Waals surface area contributed by atoms with Gasteiger partial charge in [0.25, 0.3) is 0 Å². The standard InChI is InChI=1S/C14H14O6.3CO.Cr/c1-17-12(15)10-11(13(16)18-2)20-14(19-10)7-8-5-3-4-6-9(8)14;3*1-2;/h3-6,10-11H,7H2,1-2H3;;;;/q;;;;+6. The Morgan fingerprint density at radius 1 is 0.963 bits per heavy atom. The van der Waals surface area contributed by atoms with E-state index in [0.29, 0.717) is 6.42 Å². The Labute approximate surface area is 166 Å². The Hall–Kier alpha value is -2.17. The van der Waals surface area contributed by atoms with Crippen LogP contribution in [-0.2, 0) is 72.1 Å². The summed E-state index contributed by atoms with van der Waals surface area (Å²) in [6, 6.07) is 7.57. The fourth-order valence-electron chi connectivity index (χ4n) is 2.63. The number of carbonyl (C=O) groups excluding carboxylic acids is 2. The maximum Gasteiger partial charge on any atom is 6.00 e. The van der Waals surface area contributed by atoms with Gasteiger partial charge in [-0.05, 0) is 5.56 Å². The molecule has 0 saturated carbocycles. The second-order valence-corrected chi connectivity index (χ2v) is 4.71. The fraction of sp³-hybridized carbons (Fsp3) is 0.353. The van der Waals surface area contributed by atoms with Gasteiger partial charge in [0, 0.05) is 12.0 Å². The topological polar surface area (TPSA) is 131 Å². The number of hydrogen-bond donors (Lipinski definition) is 0. The van der Waals surface area contributed by atoms with Gasteiger partial charge in [0.05, 0.1) is 14.2 Å². The zero-order valence-corrected chi connectivity index (χ0v) is 15.5. The van der Waals surface area contributed by atoms with Crippen LogP contribution < -0.4 is 0 Å². The number of benzene rings is 1. The second kappa shape index (κ2) is 13.1. The van der Waals surface area contributed by atoms with Gasteiger partial charge in [0.2, 0.25) is 5.79 Å². The number of carbonyl (C=O) groups is 2. The zero-order chi connectivity index (χ0) is 20.3. The minimum atomic E-state index is -1.11. The van der Waals surface area contributed by atoms with E-state index in [0.717, 1.165) is 11.1 Å².